The first-order valence-electron chi connectivity index (χ1n) is 9.05. The minimum absolute atomic E-state index is 0.0407. The van der Waals surface area contributed by atoms with Crippen LogP contribution in [0.1, 0.15) is 18.4 Å². The maximum absolute atomic E-state index is 12.8. The van der Waals surface area contributed by atoms with Gasteiger partial charge in [-0.1, -0.05) is 11.6 Å². The van der Waals surface area contributed by atoms with Crippen molar-refractivity contribution in [2.75, 3.05) is 28.6 Å². The Morgan fingerprint density at radius 2 is 1.97 bits per heavy atom. The fraction of sp³-hybridized carbons (Fsp3) is 0.263. The van der Waals surface area contributed by atoms with E-state index in [0.29, 0.717) is 36.5 Å². The Morgan fingerprint density at radius 1 is 1.23 bits per heavy atom. The maximum Gasteiger partial charge on any atom is 0.416 e. The van der Waals surface area contributed by atoms with Crippen molar-refractivity contribution in [1.82, 2.24) is 0 Å². The number of halogens is 4. The van der Waals surface area contributed by atoms with Crippen molar-refractivity contribution in [2.45, 2.75) is 19.0 Å². The van der Waals surface area contributed by atoms with E-state index in [2.05, 4.69) is 10.6 Å². The molecule has 0 bridgehead atoms. The van der Waals surface area contributed by atoms with Crippen molar-refractivity contribution >= 4 is 46.2 Å². The molecule has 2 aromatic rings. The molecular formula is C19H16ClF3N4O4. The molecule has 2 amide bonds. The van der Waals surface area contributed by atoms with E-state index in [0.717, 1.165) is 12.5 Å². The van der Waals surface area contributed by atoms with Gasteiger partial charge in [-0.25, -0.2) is 0 Å². The van der Waals surface area contributed by atoms with Gasteiger partial charge in [-0.05, 0) is 36.8 Å². The van der Waals surface area contributed by atoms with Crippen LogP contribution in [0.15, 0.2) is 36.4 Å². The highest BCUT2D eigenvalue weighted by Gasteiger charge is 2.33. The predicted octanol–water partition coefficient (Wildman–Crippen LogP) is 4.44. The van der Waals surface area contributed by atoms with E-state index in [1.807, 2.05) is 0 Å². The number of hydrogen-bond donors (Lipinski definition) is 2. The number of amides is 2. The minimum Gasteiger partial charge on any atom is -0.371 e. The highest BCUT2D eigenvalue weighted by Crippen LogP contribution is 2.35. The lowest BCUT2D eigenvalue weighted by Crippen LogP contribution is -2.24. The van der Waals surface area contributed by atoms with Crippen molar-refractivity contribution in [3.8, 4) is 0 Å². The second-order valence-electron chi connectivity index (χ2n) is 6.70. The molecule has 12 heteroatoms. The van der Waals surface area contributed by atoms with E-state index >= 15 is 0 Å². The largest absolute Gasteiger partial charge is 0.416 e. The molecule has 1 fully saturated rings. The molecule has 31 heavy (non-hydrogen) atoms. The number of alkyl halides is 3. The summed E-state index contributed by atoms with van der Waals surface area (Å²) in [6.45, 7) is 0.121. The molecule has 0 saturated carbocycles. The zero-order chi connectivity index (χ0) is 22.8. The summed E-state index contributed by atoms with van der Waals surface area (Å²) >= 11 is 6.21. The Morgan fingerprint density at radius 3 is 2.55 bits per heavy atom. The van der Waals surface area contributed by atoms with Gasteiger partial charge >= 0.3 is 6.18 Å². The minimum atomic E-state index is -4.73. The molecule has 1 aliphatic rings. The molecule has 0 aromatic heterocycles. The average Bonchev–Trinajstić information content (AvgIpc) is 3.11. The molecule has 1 saturated heterocycles. The smallest absolute Gasteiger partial charge is 0.371 e. The molecular weight excluding hydrogens is 441 g/mol. The van der Waals surface area contributed by atoms with E-state index in [-0.39, 0.29) is 16.6 Å². The summed E-state index contributed by atoms with van der Waals surface area (Å²) in [5.41, 5.74) is -1.34. The van der Waals surface area contributed by atoms with E-state index in [1.54, 1.807) is 17.0 Å². The summed E-state index contributed by atoms with van der Waals surface area (Å²) in [6.07, 6.45) is -3.56. The first kappa shape index (κ1) is 22.3. The number of hydrogen-bond acceptors (Lipinski definition) is 5. The number of carbonyl (C=O) groups is 2. The van der Waals surface area contributed by atoms with Gasteiger partial charge in [-0.3, -0.25) is 19.7 Å². The highest BCUT2D eigenvalue weighted by molar-refractivity contribution is 6.34. The van der Waals surface area contributed by atoms with Crippen molar-refractivity contribution in [1.29, 1.82) is 0 Å². The Labute approximate surface area is 179 Å². The third-order valence-electron chi connectivity index (χ3n) is 4.56. The van der Waals surface area contributed by atoms with Crippen LogP contribution < -0.4 is 15.5 Å². The number of carbonyl (C=O) groups excluding carboxylic acids is 2. The molecule has 0 spiro atoms. The lowest BCUT2D eigenvalue weighted by atomic mass is 10.1. The number of benzene rings is 2. The molecule has 0 radical (unpaired) electrons. The van der Waals surface area contributed by atoms with Crippen LogP contribution in [0.25, 0.3) is 0 Å². The third kappa shape index (κ3) is 5.23. The van der Waals surface area contributed by atoms with Gasteiger partial charge in [0.05, 0.1) is 27.7 Å². The fourth-order valence-electron chi connectivity index (χ4n) is 3.10. The van der Waals surface area contributed by atoms with Crippen molar-refractivity contribution in [2.24, 2.45) is 0 Å². The van der Waals surface area contributed by atoms with Crippen LogP contribution in [0.2, 0.25) is 5.02 Å². The molecule has 1 heterocycles. The topological polar surface area (TPSA) is 105 Å². The van der Waals surface area contributed by atoms with Gasteiger partial charge in [0.25, 0.3) is 5.69 Å². The van der Waals surface area contributed by atoms with Crippen LogP contribution in [0, 0.1) is 10.1 Å². The lowest BCUT2D eigenvalue weighted by Gasteiger charge is -2.18. The number of nitrogens with one attached hydrogen (secondary N) is 2. The molecule has 1 aliphatic heterocycles. The van der Waals surface area contributed by atoms with Crippen molar-refractivity contribution in [3.63, 3.8) is 0 Å². The second kappa shape index (κ2) is 8.80. The third-order valence-corrected chi connectivity index (χ3v) is 4.86. The van der Waals surface area contributed by atoms with E-state index in [9.17, 15) is 32.9 Å². The summed E-state index contributed by atoms with van der Waals surface area (Å²) in [7, 11) is 0. The van der Waals surface area contributed by atoms with Crippen LogP contribution >= 0.6 is 11.6 Å². The van der Waals surface area contributed by atoms with E-state index < -0.39 is 34.8 Å². The Balaban J connectivity index is 1.66. The van der Waals surface area contributed by atoms with E-state index in [4.69, 9.17) is 11.6 Å². The quantitative estimate of drug-likeness (QED) is 0.494. The maximum atomic E-state index is 12.8. The number of nitro groups is 1. The molecule has 8 nitrogen and oxygen atoms in total. The van der Waals surface area contributed by atoms with Gasteiger partial charge in [-0.15, -0.1) is 0 Å². The highest BCUT2D eigenvalue weighted by atomic mass is 35.5. The average molecular weight is 457 g/mol. The summed E-state index contributed by atoms with van der Waals surface area (Å²) in [4.78, 5) is 35.7. The zero-order valence-corrected chi connectivity index (χ0v) is 16.6. The van der Waals surface area contributed by atoms with Gasteiger partial charge in [-0.2, -0.15) is 13.2 Å². The molecule has 3 rings (SSSR count). The molecule has 164 valence electrons. The van der Waals surface area contributed by atoms with Crippen molar-refractivity contribution in [3.05, 3.63) is 57.1 Å². The first-order chi connectivity index (χ1) is 14.6. The number of rotatable bonds is 6. The monoisotopic (exact) mass is 456 g/mol. The zero-order valence-electron chi connectivity index (χ0n) is 15.8. The van der Waals surface area contributed by atoms with Gasteiger partial charge in [0, 0.05) is 24.7 Å². The lowest BCUT2D eigenvalue weighted by molar-refractivity contribution is -0.384. The van der Waals surface area contributed by atoms with Gasteiger partial charge in [0.15, 0.2) is 0 Å². The second-order valence-corrected chi connectivity index (χ2v) is 7.11. The predicted molar refractivity (Wildman–Crippen MR) is 108 cm³/mol. The molecule has 0 atom stereocenters. The molecule has 0 aliphatic carbocycles. The molecule has 2 N–H and O–H groups in total. The standard InChI is InChI=1S/C19H16ClF3N4O4/c20-13-9-12(4-6-15(13)26-7-1-2-18(26)29)25-17(28)10-24-14-5-3-11(19(21,22)23)8-16(14)27(30)31/h3-6,8-9,24H,1-2,7,10H2,(H,25,28). The molecule has 2 aromatic carbocycles. The number of nitro benzene ring substituents is 1. The number of anilines is 3. The van der Waals surface area contributed by atoms with Gasteiger partial charge < -0.3 is 15.5 Å². The van der Waals surface area contributed by atoms with Gasteiger partial charge in [0.2, 0.25) is 11.8 Å². The van der Waals surface area contributed by atoms with E-state index in [1.165, 1.54) is 6.07 Å². The van der Waals surface area contributed by atoms with Crippen LogP contribution in [-0.4, -0.2) is 29.8 Å². The Kier molecular flexibility index (Phi) is 6.34. The molecule has 0 unspecified atom stereocenters. The van der Waals surface area contributed by atoms with Crippen LogP contribution in [0.3, 0.4) is 0 Å². The summed E-state index contributed by atoms with van der Waals surface area (Å²) in [5.74, 6) is -0.642. The van der Waals surface area contributed by atoms with Crippen LogP contribution in [0.5, 0.6) is 0 Å². The summed E-state index contributed by atoms with van der Waals surface area (Å²) < 4.78 is 38.3. The van der Waals surface area contributed by atoms with Crippen LogP contribution in [-0.2, 0) is 15.8 Å². The van der Waals surface area contributed by atoms with Gasteiger partial charge in [0.1, 0.15) is 5.69 Å². The Bertz CT molecular complexity index is 1050. The number of nitrogens with zero attached hydrogens (tertiary/aromatic N) is 2. The summed E-state index contributed by atoms with van der Waals surface area (Å²) in [5, 5.41) is 16.3. The van der Waals surface area contributed by atoms with Crippen molar-refractivity contribution < 1.29 is 27.7 Å². The SMILES string of the molecule is O=C(CNc1ccc(C(F)(F)F)cc1[N+](=O)[O-])Nc1ccc(N2CCCC2=O)c(Cl)c1. The van der Waals surface area contributed by atoms with Crippen LogP contribution in [0.4, 0.5) is 35.9 Å². The fourth-order valence-corrected chi connectivity index (χ4v) is 3.38. The first-order valence-corrected chi connectivity index (χ1v) is 9.43. The summed E-state index contributed by atoms with van der Waals surface area (Å²) in [6, 6.07) is 6.58. The Hall–Kier alpha value is -3.34. The normalized spacial score (nSPS) is 13.9.